The van der Waals surface area contributed by atoms with E-state index in [4.69, 9.17) is 9.47 Å². The quantitative estimate of drug-likeness (QED) is 0.725. The van der Waals surface area contributed by atoms with Crippen molar-refractivity contribution in [2.24, 2.45) is 0 Å². The molecule has 0 N–H and O–H groups in total. The molecule has 0 aliphatic rings. The summed E-state index contributed by atoms with van der Waals surface area (Å²) in [7, 11) is 0. The van der Waals surface area contributed by atoms with Gasteiger partial charge in [0.15, 0.2) is 6.10 Å². The third kappa shape index (κ3) is 5.74. The van der Waals surface area contributed by atoms with Crippen LogP contribution in [0.3, 0.4) is 0 Å². The van der Waals surface area contributed by atoms with E-state index < -0.39 is 18.0 Å². The van der Waals surface area contributed by atoms with E-state index in [0.29, 0.717) is 5.69 Å². The normalized spacial score (nSPS) is 12.1. The second kappa shape index (κ2) is 7.16. The van der Waals surface area contributed by atoms with Crippen LogP contribution >= 0.6 is 0 Å². The van der Waals surface area contributed by atoms with Gasteiger partial charge in [-0.3, -0.25) is 19.6 Å². The summed E-state index contributed by atoms with van der Waals surface area (Å²) in [6.07, 6.45) is 7.27. The number of aromatic nitrogens is 2. The standard InChI is InChI=1S/C12H14N2O4/c1-9(15)17-8-12(18-10(2)16)4-3-11-7-13-5-6-14-11/h3-7,12H,8H2,1-2H3/b4-3+. The second-order valence-corrected chi connectivity index (χ2v) is 3.44. The van der Waals surface area contributed by atoms with Crippen LogP contribution in [0.1, 0.15) is 19.5 Å². The van der Waals surface area contributed by atoms with Crippen LogP contribution in [0.5, 0.6) is 0 Å². The van der Waals surface area contributed by atoms with Crippen LogP contribution in [0, 0.1) is 0 Å². The molecule has 18 heavy (non-hydrogen) atoms. The molecule has 1 heterocycles. The van der Waals surface area contributed by atoms with Crippen LogP contribution in [0.15, 0.2) is 24.7 Å². The molecule has 0 aliphatic carbocycles. The molecule has 0 radical (unpaired) electrons. The van der Waals surface area contributed by atoms with E-state index in [1.807, 2.05) is 0 Å². The third-order valence-corrected chi connectivity index (χ3v) is 1.83. The van der Waals surface area contributed by atoms with E-state index in [1.54, 1.807) is 30.7 Å². The van der Waals surface area contributed by atoms with Gasteiger partial charge < -0.3 is 9.47 Å². The van der Waals surface area contributed by atoms with Gasteiger partial charge in [-0.25, -0.2) is 0 Å². The van der Waals surface area contributed by atoms with Gasteiger partial charge in [0.05, 0.1) is 11.9 Å². The fraction of sp³-hybridized carbons (Fsp3) is 0.333. The summed E-state index contributed by atoms with van der Waals surface area (Å²) < 4.78 is 9.76. The van der Waals surface area contributed by atoms with E-state index in [-0.39, 0.29) is 6.61 Å². The first-order valence-electron chi connectivity index (χ1n) is 5.32. The van der Waals surface area contributed by atoms with E-state index >= 15 is 0 Å². The highest BCUT2D eigenvalue weighted by Gasteiger charge is 2.10. The molecule has 0 aliphatic heterocycles. The third-order valence-electron chi connectivity index (χ3n) is 1.83. The number of nitrogens with zero attached hydrogens (tertiary/aromatic N) is 2. The Hall–Kier alpha value is -2.24. The summed E-state index contributed by atoms with van der Waals surface area (Å²) in [5.74, 6) is -0.879. The Morgan fingerprint density at radius 1 is 1.33 bits per heavy atom. The summed E-state index contributed by atoms with van der Waals surface area (Å²) in [6.45, 7) is 2.56. The summed E-state index contributed by atoms with van der Waals surface area (Å²) in [5.41, 5.74) is 0.623. The predicted octanol–water partition coefficient (Wildman–Crippen LogP) is 0.985. The number of carbonyl (C=O) groups is 2. The molecule has 1 aromatic rings. The summed E-state index contributed by atoms with van der Waals surface area (Å²) in [6, 6.07) is 0. The van der Waals surface area contributed by atoms with Gasteiger partial charge in [0.2, 0.25) is 0 Å². The number of rotatable bonds is 5. The Kier molecular flexibility index (Phi) is 5.50. The minimum atomic E-state index is -0.631. The molecule has 6 nitrogen and oxygen atoms in total. The zero-order valence-electron chi connectivity index (χ0n) is 10.2. The topological polar surface area (TPSA) is 78.4 Å². The van der Waals surface area contributed by atoms with Crippen molar-refractivity contribution in [3.63, 3.8) is 0 Å². The number of hydrogen-bond acceptors (Lipinski definition) is 6. The van der Waals surface area contributed by atoms with Crippen molar-refractivity contribution in [1.82, 2.24) is 9.97 Å². The maximum atomic E-state index is 10.9. The van der Waals surface area contributed by atoms with Crippen molar-refractivity contribution in [3.8, 4) is 0 Å². The first-order chi connectivity index (χ1) is 8.58. The number of ether oxygens (including phenoxy) is 2. The van der Waals surface area contributed by atoms with Crippen molar-refractivity contribution in [2.45, 2.75) is 20.0 Å². The molecule has 0 amide bonds. The van der Waals surface area contributed by atoms with Crippen LogP contribution in [-0.2, 0) is 19.1 Å². The molecule has 0 saturated carbocycles. The summed E-state index contributed by atoms with van der Waals surface area (Å²) in [5, 5.41) is 0. The molecule has 1 rings (SSSR count). The van der Waals surface area contributed by atoms with E-state index in [0.717, 1.165) is 0 Å². The minimum absolute atomic E-state index is 0.0221. The van der Waals surface area contributed by atoms with E-state index in [1.165, 1.54) is 13.8 Å². The van der Waals surface area contributed by atoms with Crippen molar-refractivity contribution in [2.75, 3.05) is 6.61 Å². The molecule has 96 valence electrons. The van der Waals surface area contributed by atoms with Crippen molar-refractivity contribution >= 4 is 18.0 Å². The number of carbonyl (C=O) groups excluding carboxylic acids is 2. The Bertz CT molecular complexity index is 431. The number of esters is 2. The molecule has 1 aromatic heterocycles. The molecule has 0 saturated heterocycles. The Morgan fingerprint density at radius 2 is 2.11 bits per heavy atom. The van der Waals surface area contributed by atoms with Crippen molar-refractivity contribution in [1.29, 1.82) is 0 Å². The monoisotopic (exact) mass is 250 g/mol. The number of hydrogen-bond donors (Lipinski definition) is 0. The van der Waals surface area contributed by atoms with Crippen LogP contribution in [-0.4, -0.2) is 34.6 Å². The lowest BCUT2D eigenvalue weighted by Gasteiger charge is -2.12. The second-order valence-electron chi connectivity index (χ2n) is 3.44. The molecule has 1 atom stereocenters. The lowest BCUT2D eigenvalue weighted by Crippen LogP contribution is -2.21. The molecular formula is C12H14N2O4. The SMILES string of the molecule is CC(=O)OCC(/C=C/c1cnccn1)OC(C)=O. The molecule has 0 aromatic carbocycles. The van der Waals surface area contributed by atoms with Gasteiger partial charge in [-0.15, -0.1) is 0 Å². The first-order valence-corrected chi connectivity index (χ1v) is 5.32. The van der Waals surface area contributed by atoms with Gasteiger partial charge in [-0.05, 0) is 12.2 Å². The highest BCUT2D eigenvalue weighted by molar-refractivity contribution is 5.67. The summed E-state index contributed by atoms with van der Waals surface area (Å²) in [4.78, 5) is 29.5. The van der Waals surface area contributed by atoms with Gasteiger partial charge in [0.25, 0.3) is 0 Å². The van der Waals surface area contributed by atoms with E-state index in [9.17, 15) is 9.59 Å². The Balaban J connectivity index is 2.62. The van der Waals surface area contributed by atoms with Crippen molar-refractivity contribution in [3.05, 3.63) is 30.4 Å². The van der Waals surface area contributed by atoms with Crippen LogP contribution in [0.25, 0.3) is 6.08 Å². The lowest BCUT2D eigenvalue weighted by molar-refractivity contribution is -0.153. The smallest absolute Gasteiger partial charge is 0.303 e. The maximum absolute atomic E-state index is 10.9. The van der Waals surface area contributed by atoms with Crippen LogP contribution < -0.4 is 0 Å². The maximum Gasteiger partial charge on any atom is 0.303 e. The van der Waals surface area contributed by atoms with Gasteiger partial charge in [-0.2, -0.15) is 0 Å². The first kappa shape index (κ1) is 13.8. The fourth-order valence-corrected chi connectivity index (χ4v) is 1.14. The van der Waals surface area contributed by atoms with Gasteiger partial charge in [0.1, 0.15) is 6.61 Å². The Morgan fingerprint density at radius 3 is 2.67 bits per heavy atom. The average Bonchev–Trinajstić information content (AvgIpc) is 2.33. The lowest BCUT2D eigenvalue weighted by atomic mass is 10.3. The zero-order chi connectivity index (χ0) is 13.4. The molecule has 1 unspecified atom stereocenters. The highest BCUT2D eigenvalue weighted by Crippen LogP contribution is 2.02. The average molecular weight is 250 g/mol. The molecular weight excluding hydrogens is 236 g/mol. The van der Waals surface area contributed by atoms with Crippen LogP contribution in [0.4, 0.5) is 0 Å². The Labute approximate surface area is 105 Å². The van der Waals surface area contributed by atoms with Gasteiger partial charge in [0, 0.05) is 26.2 Å². The zero-order valence-corrected chi connectivity index (χ0v) is 10.2. The summed E-state index contributed by atoms with van der Waals surface area (Å²) >= 11 is 0. The molecule has 0 fully saturated rings. The van der Waals surface area contributed by atoms with Gasteiger partial charge >= 0.3 is 11.9 Å². The van der Waals surface area contributed by atoms with Gasteiger partial charge in [-0.1, -0.05) is 0 Å². The minimum Gasteiger partial charge on any atom is -0.462 e. The molecule has 6 heteroatoms. The van der Waals surface area contributed by atoms with E-state index in [2.05, 4.69) is 9.97 Å². The predicted molar refractivity (Wildman–Crippen MR) is 63.3 cm³/mol. The molecule has 0 spiro atoms. The molecule has 0 bridgehead atoms. The highest BCUT2D eigenvalue weighted by atomic mass is 16.6. The largest absolute Gasteiger partial charge is 0.462 e. The van der Waals surface area contributed by atoms with Crippen LogP contribution in [0.2, 0.25) is 0 Å². The fourth-order valence-electron chi connectivity index (χ4n) is 1.14. The van der Waals surface area contributed by atoms with Crippen molar-refractivity contribution < 1.29 is 19.1 Å².